The summed E-state index contributed by atoms with van der Waals surface area (Å²) in [7, 11) is 0. The second-order valence-electron chi connectivity index (χ2n) is 3.64. The van der Waals surface area contributed by atoms with E-state index in [0.717, 1.165) is 22.4 Å². The van der Waals surface area contributed by atoms with Crippen LogP contribution in [-0.2, 0) is 0 Å². The Labute approximate surface area is 102 Å². The second-order valence-corrected chi connectivity index (χ2v) is 4.42. The van der Waals surface area contributed by atoms with E-state index in [0.29, 0.717) is 5.69 Å². The molecule has 0 saturated carbocycles. The molecule has 2 aromatic heterocycles. The zero-order valence-corrected chi connectivity index (χ0v) is 9.74. The summed E-state index contributed by atoms with van der Waals surface area (Å²) in [4.78, 5) is 8.46. The molecule has 0 spiro atoms. The molecule has 5 heteroatoms. The number of anilines is 3. The number of hydrogen-bond donors (Lipinski definition) is 2. The highest BCUT2D eigenvalue weighted by atomic mass is 32.1. The van der Waals surface area contributed by atoms with Gasteiger partial charge in [0.05, 0.1) is 11.2 Å². The van der Waals surface area contributed by atoms with Crippen LogP contribution in [0, 0.1) is 0 Å². The molecule has 2 heterocycles. The first-order chi connectivity index (χ1) is 8.33. The standard InChI is InChI=1S/C12H10N4S/c13-8-1-2-10-11(5-8)14-7-15-12(10)16-9-3-4-17-6-9/h1-7H,13H2,(H,14,15,16). The first-order valence-corrected chi connectivity index (χ1v) is 6.07. The van der Waals surface area contributed by atoms with E-state index in [2.05, 4.69) is 15.3 Å². The maximum Gasteiger partial charge on any atom is 0.141 e. The number of rotatable bonds is 2. The third-order valence-electron chi connectivity index (χ3n) is 2.44. The van der Waals surface area contributed by atoms with E-state index >= 15 is 0 Å². The minimum absolute atomic E-state index is 0.706. The van der Waals surface area contributed by atoms with Gasteiger partial charge in [-0.1, -0.05) is 0 Å². The summed E-state index contributed by atoms with van der Waals surface area (Å²) < 4.78 is 0. The van der Waals surface area contributed by atoms with Crippen LogP contribution in [0.3, 0.4) is 0 Å². The molecule has 0 radical (unpaired) electrons. The Morgan fingerprint density at radius 2 is 2.12 bits per heavy atom. The number of thiophene rings is 1. The van der Waals surface area contributed by atoms with E-state index in [1.165, 1.54) is 6.33 Å². The van der Waals surface area contributed by atoms with Gasteiger partial charge >= 0.3 is 0 Å². The third-order valence-corrected chi connectivity index (χ3v) is 3.13. The fraction of sp³-hybridized carbons (Fsp3) is 0. The van der Waals surface area contributed by atoms with E-state index in [1.54, 1.807) is 11.3 Å². The highest BCUT2D eigenvalue weighted by Gasteiger charge is 2.04. The largest absolute Gasteiger partial charge is 0.399 e. The molecule has 0 aliphatic rings. The maximum absolute atomic E-state index is 5.73. The molecule has 3 aromatic rings. The van der Waals surface area contributed by atoms with Crippen molar-refractivity contribution >= 4 is 39.4 Å². The van der Waals surface area contributed by atoms with Crippen LogP contribution in [0.4, 0.5) is 17.2 Å². The Balaban J connectivity index is 2.10. The molecule has 0 aliphatic carbocycles. The number of nitrogen functional groups attached to an aromatic ring is 1. The van der Waals surface area contributed by atoms with Crippen LogP contribution in [0.2, 0.25) is 0 Å². The van der Waals surface area contributed by atoms with Gasteiger partial charge in [-0.2, -0.15) is 11.3 Å². The molecule has 0 saturated heterocycles. The Kier molecular flexibility index (Phi) is 2.38. The average Bonchev–Trinajstić information content (AvgIpc) is 2.82. The van der Waals surface area contributed by atoms with Crippen LogP contribution >= 0.6 is 11.3 Å². The molecule has 84 valence electrons. The normalized spacial score (nSPS) is 10.6. The zero-order valence-electron chi connectivity index (χ0n) is 8.92. The van der Waals surface area contributed by atoms with Gasteiger partial charge in [-0.3, -0.25) is 0 Å². The smallest absolute Gasteiger partial charge is 0.141 e. The summed E-state index contributed by atoms with van der Waals surface area (Å²) in [5.74, 6) is 0.799. The van der Waals surface area contributed by atoms with E-state index in [1.807, 2.05) is 35.0 Å². The lowest BCUT2D eigenvalue weighted by Crippen LogP contribution is -1.95. The van der Waals surface area contributed by atoms with Crippen LogP contribution in [0.1, 0.15) is 0 Å². The molecule has 1 aromatic carbocycles. The first-order valence-electron chi connectivity index (χ1n) is 5.12. The monoisotopic (exact) mass is 242 g/mol. The molecule has 0 fully saturated rings. The summed E-state index contributed by atoms with van der Waals surface area (Å²) in [6, 6.07) is 7.63. The van der Waals surface area contributed by atoms with E-state index < -0.39 is 0 Å². The third kappa shape index (κ3) is 1.92. The fourth-order valence-electron chi connectivity index (χ4n) is 1.65. The highest BCUT2D eigenvalue weighted by Crippen LogP contribution is 2.25. The van der Waals surface area contributed by atoms with Crippen molar-refractivity contribution in [1.29, 1.82) is 0 Å². The van der Waals surface area contributed by atoms with Crippen molar-refractivity contribution < 1.29 is 0 Å². The minimum atomic E-state index is 0.706. The lowest BCUT2D eigenvalue weighted by atomic mass is 10.2. The predicted molar refractivity (Wildman–Crippen MR) is 71.6 cm³/mol. The molecule has 0 aliphatic heterocycles. The second kappa shape index (κ2) is 4.03. The molecule has 0 bridgehead atoms. The Bertz CT molecular complexity index is 649. The van der Waals surface area contributed by atoms with Gasteiger partial charge in [-0.25, -0.2) is 9.97 Å². The predicted octanol–water partition coefficient (Wildman–Crippen LogP) is 3.02. The van der Waals surface area contributed by atoms with Crippen molar-refractivity contribution in [2.75, 3.05) is 11.1 Å². The quantitative estimate of drug-likeness (QED) is 0.678. The van der Waals surface area contributed by atoms with Gasteiger partial charge < -0.3 is 11.1 Å². The topological polar surface area (TPSA) is 63.8 Å². The molecule has 3 N–H and O–H groups in total. The molecular formula is C12H10N4S. The van der Waals surface area contributed by atoms with Crippen LogP contribution in [0.25, 0.3) is 10.9 Å². The van der Waals surface area contributed by atoms with E-state index in [4.69, 9.17) is 5.73 Å². The highest BCUT2D eigenvalue weighted by molar-refractivity contribution is 7.08. The Morgan fingerprint density at radius 3 is 2.94 bits per heavy atom. The summed E-state index contributed by atoms with van der Waals surface area (Å²) >= 11 is 1.64. The Morgan fingerprint density at radius 1 is 1.18 bits per heavy atom. The van der Waals surface area contributed by atoms with Crippen molar-refractivity contribution in [3.63, 3.8) is 0 Å². The zero-order chi connectivity index (χ0) is 11.7. The van der Waals surface area contributed by atoms with Crippen molar-refractivity contribution in [2.24, 2.45) is 0 Å². The number of aromatic nitrogens is 2. The van der Waals surface area contributed by atoms with Crippen LogP contribution in [0.15, 0.2) is 41.4 Å². The number of nitrogens with two attached hydrogens (primary N) is 1. The molecule has 0 atom stereocenters. The van der Waals surface area contributed by atoms with E-state index in [-0.39, 0.29) is 0 Å². The van der Waals surface area contributed by atoms with Gasteiger partial charge in [0.25, 0.3) is 0 Å². The number of benzene rings is 1. The van der Waals surface area contributed by atoms with Gasteiger partial charge in [-0.05, 0) is 29.6 Å². The maximum atomic E-state index is 5.73. The molecule has 17 heavy (non-hydrogen) atoms. The lowest BCUT2D eigenvalue weighted by molar-refractivity contribution is 1.22. The number of hydrogen-bond acceptors (Lipinski definition) is 5. The Hall–Kier alpha value is -2.14. The van der Waals surface area contributed by atoms with Gasteiger partial charge in [0.1, 0.15) is 12.1 Å². The van der Waals surface area contributed by atoms with Crippen LogP contribution in [-0.4, -0.2) is 9.97 Å². The molecule has 4 nitrogen and oxygen atoms in total. The van der Waals surface area contributed by atoms with Crippen molar-refractivity contribution in [3.8, 4) is 0 Å². The van der Waals surface area contributed by atoms with Crippen LogP contribution < -0.4 is 11.1 Å². The molecule has 0 unspecified atom stereocenters. The molecular weight excluding hydrogens is 232 g/mol. The van der Waals surface area contributed by atoms with Crippen molar-refractivity contribution in [1.82, 2.24) is 9.97 Å². The SMILES string of the molecule is Nc1ccc2c(Nc3ccsc3)ncnc2c1. The van der Waals surface area contributed by atoms with Crippen molar-refractivity contribution in [2.45, 2.75) is 0 Å². The number of fused-ring (bicyclic) bond motifs is 1. The van der Waals surface area contributed by atoms with Gasteiger partial charge in [0.15, 0.2) is 0 Å². The summed E-state index contributed by atoms with van der Waals surface area (Å²) in [5, 5.41) is 8.28. The summed E-state index contributed by atoms with van der Waals surface area (Å²) in [5.41, 5.74) is 8.32. The fourth-order valence-corrected chi connectivity index (χ4v) is 2.23. The summed E-state index contributed by atoms with van der Waals surface area (Å²) in [6.45, 7) is 0. The van der Waals surface area contributed by atoms with Gasteiger partial charge in [-0.15, -0.1) is 0 Å². The average molecular weight is 242 g/mol. The van der Waals surface area contributed by atoms with E-state index in [9.17, 15) is 0 Å². The number of nitrogens with one attached hydrogen (secondary N) is 1. The van der Waals surface area contributed by atoms with Crippen molar-refractivity contribution in [3.05, 3.63) is 41.4 Å². The molecule has 3 rings (SSSR count). The lowest BCUT2D eigenvalue weighted by Gasteiger charge is -2.06. The first kappa shape index (κ1) is 10.0. The minimum Gasteiger partial charge on any atom is -0.399 e. The van der Waals surface area contributed by atoms with Crippen LogP contribution in [0.5, 0.6) is 0 Å². The summed E-state index contributed by atoms with van der Waals surface area (Å²) in [6.07, 6.45) is 1.54. The van der Waals surface area contributed by atoms with Gasteiger partial charge in [0, 0.05) is 16.5 Å². The molecule has 0 amide bonds. The number of nitrogens with zero attached hydrogens (tertiary/aromatic N) is 2. The van der Waals surface area contributed by atoms with Gasteiger partial charge in [0.2, 0.25) is 0 Å².